The van der Waals surface area contributed by atoms with Crippen LogP contribution in [0.5, 0.6) is 0 Å². The molecular formula is C18H23FN6. The smallest absolute Gasteiger partial charge is 0.191 e. The molecule has 0 saturated heterocycles. The third-order valence-corrected chi connectivity index (χ3v) is 3.94. The summed E-state index contributed by atoms with van der Waals surface area (Å²) in [6, 6.07) is 4.80. The zero-order valence-electron chi connectivity index (χ0n) is 14.5. The molecule has 0 aliphatic carbocycles. The molecule has 1 aromatic carbocycles. The molecule has 2 heterocycles. The lowest BCUT2D eigenvalue weighted by Gasteiger charge is -2.10. The van der Waals surface area contributed by atoms with Crippen LogP contribution in [0.3, 0.4) is 0 Å². The zero-order chi connectivity index (χ0) is 17.6. The molecule has 132 valence electrons. The van der Waals surface area contributed by atoms with Crippen LogP contribution in [0.4, 0.5) is 4.39 Å². The van der Waals surface area contributed by atoms with Gasteiger partial charge in [-0.1, -0.05) is 0 Å². The minimum Gasteiger partial charge on any atom is -0.361 e. The Labute approximate surface area is 146 Å². The van der Waals surface area contributed by atoms with Gasteiger partial charge in [0.05, 0.1) is 12.7 Å². The van der Waals surface area contributed by atoms with Gasteiger partial charge in [0.25, 0.3) is 0 Å². The van der Waals surface area contributed by atoms with E-state index in [-0.39, 0.29) is 5.82 Å². The number of aliphatic imine (C=N–C) groups is 1. The number of nitrogens with zero attached hydrogens (tertiary/aromatic N) is 3. The van der Waals surface area contributed by atoms with Crippen molar-refractivity contribution in [2.45, 2.75) is 19.9 Å². The highest BCUT2D eigenvalue weighted by atomic mass is 19.1. The predicted octanol–water partition coefficient (Wildman–Crippen LogP) is 2.34. The van der Waals surface area contributed by atoms with Gasteiger partial charge in [0, 0.05) is 49.0 Å². The van der Waals surface area contributed by atoms with Gasteiger partial charge in [0.15, 0.2) is 5.96 Å². The number of fused-ring (bicyclic) bond motifs is 1. The van der Waals surface area contributed by atoms with Gasteiger partial charge in [-0.3, -0.25) is 4.68 Å². The second kappa shape index (κ2) is 7.83. The quantitative estimate of drug-likeness (QED) is 0.476. The van der Waals surface area contributed by atoms with Crippen LogP contribution >= 0.6 is 0 Å². The van der Waals surface area contributed by atoms with E-state index in [1.54, 1.807) is 16.8 Å². The van der Waals surface area contributed by atoms with Crippen LogP contribution in [0.2, 0.25) is 0 Å². The van der Waals surface area contributed by atoms with E-state index in [0.29, 0.717) is 13.1 Å². The first-order valence-corrected chi connectivity index (χ1v) is 8.41. The third kappa shape index (κ3) is 4.37. The number of hydrogen-bond acceptors (Lipinski definition) is 2. The molecule has 0 saturated carbocycles. The number of guanidine groups is 1. The van der Waals surface area contributed by atoms with E-state index in [1.807, 2.05) is 32.6 Å². The lowest BCUT2D eigenvalue weighted by molar-refractivity contribution is 0.629. The van der Waals surface area contributed by atoms with Crippen molar-refractivity contribution in [1.29, 1.82) is 0 Å². The topological polar surface area (TPSA) is 70.0 Å². The van der Waals surface area contributed by atoms with Crippen molar-refractivity contribution < 1.29 is 4.39 Å². The summed E-state index contributed by atoms with van der Waals surface area (Å²) in [5, 5.41) is 11.6. The number of aryl methyl sites for hydroxylation is 1. The minimum absolute atomic E-state index is 0.215. The maximum absolute atomic E-state index is 13.4. The second-order valence-corrected chi connectivity index (χ2v) is 5.90. The Kier molecular flexibility index (Phi) is 5.33. The highest BCUT2D eigenvalue weighted by Gasteiger charge is 2.05. The van der Waals surface area contributed by atoms with Crippen LogP contribution < -0.4 is 10.6 Å². The normalized spacial score (nSPS) is 11.9. The number of H-pyrrole nitrogens is 1. The van der Waals surface area contributed by atoms with E-state index in [1.165, 1.54) is 6.07 Å². The van der Waals surface area contributed by atoms with Gasteiger partial charge in [0.1, 0.15) is 5.82 Å². The Morgan fingerprint density at radius 1 is 1.36 bits per heavy atom. The van der Waals surface area contributed by atoms with Gasteiger partial charge < -0.3 is 15.6 Å². The summed E-state index contributed by atoms with van der Waals surface area (Å²) in [5.41, 5.74) is 3.10. The van der Waals surface area contributed by atoms with Gasteiger partial charge in [-0.25, -0.2) is 9.38 Å². The molecule has 0 spiro atoms. The van der Waals surface area contributed by atoms with E-state index in [4.69, 9.17) is 0 Å². The molecule has 2 aromatic heterocycles. The van der Waals surface area contributed by atoms with Crippen LogP contribution in [0.1, 0.15) is 18.1 Å². The maximum Gasteiger partial charge on any atom is 0.191 e. The van der Waals surface area contributed by atoms with Crippen LogP contribution in [-0.4, -0.2) is 33.8 Å². The number of aromatic nitrogens is 3. The molecule has 3 aromatic rings. The first kappa shape index (κ1) is 17.0. The molecule has 3 rings (SSSR count). The minimum atomic E-state index is -0.215. The fourth-order valence-corrected chi connectivity index (χ4v) is 2.74. The summed E-state index contributed by atoms with van der Waals surface area (Å²) in [7, 11) is 1.89. The molecule has 7 heteroatoms. The molecule has 25 heavy (non-hydrogen) atoms. The van der Waals surface area contributed by atoms with E-state index in [0.717, 1.165) is 41.0 Å². The van der Waals surface area contributed by atoms with E-state index >= 15 is 0 Å². The molecule has 0 atom stereocenters. The lowest BCUT2D eigenvalue weighted by Crippen LogP contribution is -2.38. The fourth-order valence-electron chi connectivity index (χ4n) is 2.74. The third-order valence-electron chi connectivity index (χ3n) is 3.94. The summed E-state index contributed by atoms with van der Waals surface area (Å²) < 4.78 is 15.2. The Balaban J connectivity index is 1.60. The average molecular weight is 342 g/mol. The van der Waals surface area contributed by atoms with Crippen LogP contribution in [0.15, 0.2) is 41.8 Å². The van der Waals surface area contributed by atoms with Gasteiger partial charge >= 0.3 is 0 Å². The van der Waals surface area contributed by atoms with Crippen LogP contribution in [-0.2, 0) is 20.0 Å². The molecule has 0 fully saturated rings. The lowest BCUT2D eigenvalue weighted by atomic mass is 10.1. The van der Waals surface area contributed by atoms with E-state index in [2.05, 4.69) is 25.7 Å². The first-order valence-electron chi connectivity index (χ1n) is 8.41. The van der Waals surface area contributed by atoms with E-state index in [9.17, 15) is 4.39 Å². The summed E-state index contributed by atoms with van der Waals surface area (Å²) in [6.45, 7) is 4.10. The van der Waals surface area contributed by atoms with Crippen molar-refractivity contribution in [3.05, 3.63) is 53.7 Å². The Bertz CT molecular complexity index is 863. The van der Waals surface area contributed by atoms with Crippen molar-refractivity contribution in [2.24, 2.45) is 12.0 Å². The average Bonchev–Trinajstić information content (AvgIpc) is 3.19. The standard InChI is InChI=1S/C18H23FN6/c1-3-20-18(23-9-13-10-24-25(2)12-13)21-7-6-14-11-22-17-5-4-15(19)8-16(14)17/h4-5,8,10-12,22H,3,6-7,9H2,1-2H3,(H2,20,21,23). The number of halogens is 1. The van der Waals surface area contributed by atoms with Gasteiger partial charge in [-0.15, -0.1) is 0 Å². The van der Waals surface area contributed by atoms with Crippen LogP contribution in [0, 0.1) is 5.82 Å². The summed E-state index contributed by atoms with van der Waals surface area (Å²) in [6.07, 6.45) is 6.48. The molecular weight excluding hydrogens is 319 g/mol. The largest absolute Gasteiger partial charge is 0.361 e. The highest BCUT2D eigenvalue weighted by Crippen LogP contribution is 2.19. The molecule has 6 nitrogen and oxygen atoms in total. The number of benzene rings is 1. The van der Waals surface area contributed by atoms with Crippen LogP contribution in [0.25, 0.3) is 10.9 Å². The molecule has 0 aliphatic heterocycles. The molecule has 3 N–H and O–H groups in total. The van der Waals surface area contributed by atoms with Crippen molar-refractivity contribution >= 4 is 16.9 Å². The second-order valence-electron chi connectivity index (χ2n) is 5.90. The summed E-state index contributed by atoms with van der Waals surface area (Å²) in [4.78, 5) is 7.74. The molecule has 0 bridgehead atoms. The molecule has 0 aliphatic rings. The van der Waals surface area contributed by atoms with Crippen molar-refractivity contribution in [1.82, 2.24) is 25.4 Å². The maximum atomic E-state index is 13.4. The Morgan fingerprint density at radius 3 is 3.00 bits per heavy atom. The number of aromatic amines is 1. The number of nitrogens with one attached hydrogen (secondary N) is 3. The van der Waals surface area contributed by atoms with Gasteiger partial charge in [-0.2, -0.15) is 5.10 Å². The van der Waals surface area contributed by atoms with Crippen molar-refractivity contribution in [3.63, 3.8) is 0 Å². The van der Waals surface area contributed by atoms with E-state index < -0.39 is 0 Å². The highest BCUT2D eigenvalue weighted by molar-refractivity contribution is 5.83. The molecule has 0 amide bonds. The first-order chi connectivity index (χ1) is 12.2. The molecule has 0 unspecified atom stereocenters. The monoisotopic (exact) mass is 342 g/mol. The van der Waals surface area contributed by atoms with Crippen molar-refractivity contribution in [3.8, 4) is 0 Å². The predicted molar refractivity (Wildman–Crippen MR) is 98.0 cm³/mol. The summed E-state index contributed by atoms with van der Waals surface area (Å²) in [5.74, 6) is 0.546. The zero-order valence-corrected chi connectivity index (χ0v) is 14.5. The number of rotatable bonds is 6. The Morgan fingerprint density at radius 2 is 2.24 bits per heavy atom. The fraction of sp³-hybridized carbons (Fsp3) is 0.333. The Hall–Kier alpha value is -2.83. The van der Waals surface area contributed by atoms with Crippen molar-refractivity contribution in [2.75, 3.05) is 13.1 Å². The van der Waals surface area contributed by atoms with Gasteiger partial charge in [0.2, 0.25) is 0 Å². The van der Waals surface area contributed by atoms with Gasteiger partial charge in [-0.05, 0) is 37.1 Å². The number of hydrogen-bond donors (Lipinski definition) is 3. The molecule has 0 radical (unpaired) electrons. The SMILES string of the molecule is CCNC(=NCc1cnn(C)c1)NCCc1c[nH]c2ccc(F)cc12. The summed E-state index contributed by atoms with van der Waals surface area (Å²) >= 11 is 0.